The Balaban J connectivity index is 1.49. The lowest BCUT2D eigenvalue weighted by Crippen LogP contribution is -2.31. The predicted octanol–water partition coefficient (Wildman–Crippen LogP) is 5.83. The van der Waals surface area contributed by atoms with E-state index in [2.05, 4.69) is 27.3 Å². The predicted molar refractivity (Wildman–Crippen MR) is 135 cm³/mol. The molecule has 4 aromatic rings. The zero-order valence-corrected chi connectivity index (χ0v) is 20.6. The van der Waals surface area contributed by atoms with Crippen molar-refractivity contribution >= 4 is 17.2 Å². The average molecular weight is 493 g/mol. The molecule has 1 fully saturated rings. The van der Waals surface area contributed by atoms with Crippen molar-refractivity contribution in [2.24, 2.45) is 11.7 Å². The maximum atomic E-state index is 14.9. The standard InChI is InChI=1S/C27H30F2N6O/c1-15(2)36-20-11-22(28)26(23(29)12-20)24-5-4-19-13-32-27(35(19)34-24)33-25-14-31-7-6-21(25)17-8-16(3)9-18(30)10-17/h4-7,11-18H,8-10,30H2,1-3H3,(H,32,33). The van der Waals surface area contributed by atoms with Crippen LogP contribution < -0.4 is 15.8 Å². The van der Waals surface area contributed by atoms with Crippen LogP contribution in [0.1, 0.15) is 51.5 Å². The van der Waals surface area contributed by atoms with Gasteiger partial charge in [0.15, 0.2) is 0 Å². The molecule has 0 saturated heterocycles. The summed E-state index contributed by atoms with van der Waals surface area (Å²) >= 11 is 0. The SMILES string of the molecule is CC1CC(N)CC(c2ccncc2Nc2ncc3ccc(-c4c(F)cc(OC(C)C)cc4F)nn23)C1. The summed E-state index contributed by atoms with van der Waals surface area (Å²) in [4.78, 5) is 8.76. The highest BCUT2D eigenvalue weighted by Gasteiger charge is 2.27. The van der Waals surface area contributed by atoms with E-state index in [9.17, 15) is 8.78 Å². The average Bonchev–Trinajstić information content (AvgIpc) is 3.20. The van der Waals surface area contributed by atoms with Gasteiger partial charge in [-0.1, -0.05) is 6.92 Å². The second kappa shape index (κ2) is 9.81. The number of nitrogens with two attached hydrogens (primary N) is 1. The third-order valence-electron chi connectivity index (χ3n) is 6.55. The molecule has 0 aliphatic heterocycles. The van der Waals surface area contributed by atoms with Gasteiger partial charge in [0.05, 0.1) is 41.0 Å². The van der Waals surface area contributed by atoms with Gasteiger partial charge >= 0.3 is 0 Å². The van der Waals surface area contributed by atoms with Crippen molar-refractivity contribution in [2.75, 3.05) is 5.32 Å². The van der Waals surface area contributed by atoms with Crippen molar-refractivity contribution < 1.29 is 13.5 Å². The Morgan fingerprint density at radius 3 is 2.58 bits per heavy atom. The monoisotopic (exact) mass is 492 g/mol. The third kappa shape index (κ3) is 4.88. The van der Waals surface area contributed by atoms with Crippen LogP contribution in [0.4, 0.5) is 20.4 Å². The number of fused-ring (bicyclic) bond motifs is 1. The van der Waals surface area contributed by atoms with Gasteiger partial charge in [-0.2, -0.15) is 9.61 Å². The molecule has 9 heteroatoms. The number of hydrogen-bond donors (Lipinski definition) is 2. The minimum absolute atomic E-state index is 0.135. The molecule has 3 aromatic heterocycles. The van der Waals surface area contributed by atoms with Gasteiger partial charge in [0.1, 0.15) is 17.4 Å². The molecule has 1 saturated carbocycles. The topological polar surface area (TPSA) is 90.4 Å². The number of nitrogens with one attached hydrogen (secondary N) is 1. The van der Waals surface area contributed by atoms with Gasteiger partial charge < -0.3 is 15.8 Å². The highest BCUT2D eigenvalue weighted by molar-refractivity contribution is 5.66. The first kappa shape index (κ1) is 24.1. The molecular formula is C27H30F2N6O. The molecule has 36 heavy (non-hydrogen) atoms. The molecule has 3 heterocycles. The van der Waals surface area contributed by atoms with E-state index < -0.39 is 11.6 Å². The zero-order chi connectivity index (χ0) is 25.4. The molecule has 7 nitrogen and oxygen atoms in total. The van der Waals surface area contributed by atoms with Crippen molar-refractivity contribution in [3.8, 4) is 17.0 Å². The summed E-state index contributed by atoms with van der Waals surface area (Å²) in [6.45, 7) is 5.82. The van der Waals surface area contributed by atoms with Crippen LogP contribution in [-0.4, -0.2) is 31.7 Å². The first-order chi connectivity index (χ1) is 17.3. The lowest BCUT2D eigenvalue weighted by atomic mass is 9.76. The van der Waals surface area contributed by atoms with E-state index in [0.29, 0.717) is 23.3 Å². The van der Waals surface area contributed by atoms with Crippen LogP contribution in [0.15, 0.2) is 48.9 Å². The Labute approximate surface area is 208 Å². The van der Waals surface area contributed by atoms with E-state index in [1.54, 1.807) is 49.1 Å². The van der Waals surface area contributed by atoms with Crippen LogP contribution in [0.5, 0.6) is 5.75 Å². The summed E-state index contributed by atoms with van der Waals surface area (Å²) in [6.07, 6.45) is 7.98. The van der Waals surface area contributed by atoms with Gasteiger partial charge in [-0.3, -0.25) is 4.98 Å². The van der Waals surface area contributed by atoms with Gasteiger partial charge in [0, 0.05) is 24.4 Å². The summed E-state index contributed by atoms with van der Waals surface area (Å²) in [5.41, 5.74) is 8.85. The molecule has 3 N–H and O–H groups in total. The molecule has 5 rings (SSSR count). The Bertz CT molecular complexity index is 1350. The summed E-state index contributed by atoms with van der Waals surface area (Å²) in [5, 5.41) is 7.85. The molecule has 1 aliphatic rings. The van der Waals surface area contributed by atoms with Crippen molar-refractivity contribution in [1.82, 2.24) is 19.6 Å². The highest BCUT2D eigenvalue weighted by Crippen LogP contribution is 2.39. The van der Waals surface area contributed by atoms with E-state index in [-0.39, 0.29) is 29.2 Å². The Morgan fingerprint density at radius 1 is 1.08 bits per heavy atom. The van der Waals surface area contributed by atoms with Gasteiger partial charge in [-0.05, 0) is 68.7 Å². The molecule has 0 radical (unpaired) electrons. The number of rotatable bonds is 6. The van der Waals surface area contributed by atoms with Crippen LogP contribution in [0.2, 0.25) is 0 Å². The van der Waals surface area contributed by atoms with Gasteiger partial charge in [-0.15, -0.1) is 0 Å². The maximum Gasteiger partial charge on any atom is 0.229 e. The third-order valence-corrected chi connectivity index (χ3v) is 6.55. The summed E-state index contributed by atoms with van der Waals surface area (Å²) in [6, 6.07) is 7.83. The van der Waals surface area contributed by atoms with Crippen molar-refractivity contribution in [3.05, 3.63) is 66.1 Å². The molecule has 3 atom stereocenters. The van der Waals surface area contributed by atoms with Crippen LogP contribution in [0, 0.1) is 17.6 Å². The number of hydrogen-bond acceptors (Lipinski definition) is 6. The van der Waals surface area contributed by atoms with E-state index >= 15 is 0 Å². The van der Waals surface area contributed by atoms with Crippen LogP contribution >= 0.6 is 0 Å². The van der Waals surface area contributed by atoms with E-state index in [1.807, 2.05) is 6.07 Å². The molecule has 3 unspecified atom stereocenters. The lowest BCUT2D eigenvalue weighted by molar-refractivity contribution is 0.240. The maximum absolute atomic E-state index is 14.9. The van der Waals surface area contributed by atoms with Crippen LogP contribution in [0.3, 0.4) is 0 Å². The normalized spacial score (nSPS) is 20.1. The van der Waals surface area contributed by atoms with Gasteiger partial charge in [0.2, 0.25) is 5.95 Å². The Hall–Kier alpha value is -3.59. The Kier molecular flexibility index (Phi) is 6.57. The van der Waals surface area contributed by atoms with Crippen LogP contribution in [0.25, 0.3) is 16.8 Å². The number of halogens is 2. The smallest absolute Gasteiger partial charge is 0.229 e. The fourth-order valence-electron chi connectivity index (χ4n) is 5.13. The number of pyridine rings is 1. The molecule has 0 bridgehead atoms. The van der Waals surface area contributed by atoms with Gasteiger partial charge in [0.25, 0.3) is 0 Å². The second-order valence-corrected chi connectivity index (χ2v) is 9.92. The number of ether oxygens (including phenoxy) is 1. The molecule has 1 aliphatic carbocycles. The minimum atomic E-state index is -0.746. The summed E-state index contributed by atoms with van der Waals surface area (Å²) in [5.74, 6) is -0.0866. The Morgan fingerprint density at radius 2 is 1.86 bits per heavy atom. The number of imidazole rings is 1. The van der Waals surface area contributed by atoms with E-state index in [4.69, 9.17) is 10.5 Å². The molecule has 188 valence electrons. The van der Waals surface area contributed by atoms with E-state index in [1.165, 1.54) is 12.1 Å². The summed E-state index contributed by atoms with van der Waals surface area (Å²) in [7, 11) is 0. The van der Waals surface area contributed by atoms with Gasteiger partial charge in [-0.25, -0.2) is 13.8 Å². The molecular weight excluding hydrogens is 462 g/mol. The largest absolute Gasteiger partial charge is 0.491 e. The number of aromatic nitrogens is 4. The number of anilines is 2. The first-order valence-electron chi connectivity index (χ1n) is 12.3. The van der Waals surface area contributed by atoms with Crippen molar-refractivity contribution in [2.45, 2.75) is 58.1 Å². The number of nitrogens with zero attached hydrogens (tertiary/aromatic N) is 4. The van der Waals surface area contributed by atoms with Crippen LogP contribution in [-0.2, 0) is 0 Å². The lowest BCUT2D eigenvalue weighted by Gasteiger charge is -2.32. The zero-order valence-electron chi connectivity index (χ0n) is 20.6. The fraction of sp³-hybridized carbons (Fsp3) is 0.370. The fourth-order valence-corrected chi connectivity index (χ4v) is 5.13. The second-order valence-electron chi connectivity index (χ2n) is 9.92. The quantitative estimate of drug-likeness (QED) is 0.352. The molecule has 0 spiro atoms. The summed E-state index contributed by atoms with van der Waals surface area (Å²) < 4.78 is 36.8. The highest BCUT2D eigenvalue weighted by atomic mass is 19.1. The molecule has 1 aromatic carbocycles. The first-order valence-corrected chi connectivity index (χ1v) is 12.3. The van der Waals surface area contributed by atoms with Crippen molar-refractivity contribution in [1.29, 1.82) is 0 Å². The minimum Gasteiger partial charge on any atom is -0.491 e. The number of benzene rings is 1. The van der Waals surface area contributed by atoms with Crippen molar-refractivity contribution in [3.63, 3.8) is 0 Å². The molecule has 0 amide bonds. The van der Waals surface area contributed by atoms with E-state index in [0.717, 1.165) is 30.5 Å².